The lowest BCUT2D eigenvalue weighted by atomic mass is 10.1. The second-order valence-electron chi connectivity index (χ2n) is 4.96. The lowest BCUT2D eigenvalue weighted by Gasteiger charge is -1.96. The molecule has 22 heavy (non-hydrogen) atoms. The maximum Gasteiger partial charge on any atom is 0.257 e. The van der Waals surface area contributed by atoms with Gasteiger partial charge in [-0.3, -0.25) is 9.59 Å². The molecule has 0 radical (unpaired) electrons. The Hall–Kier alpha value is -2.70. The van der Waals surface area contributed by atoms with Gasteiger partial charge in [-0.25, -0.2) is 0 Å². The maximum absolute atomic E-state index is 10.9. The van der Waals surface area contributed by atoms with E-state index in [1.165, 1.54) is 0 Å². The monoisotopic (exact) mass is 298 g/mol. The van der Waals surface area contributed by atoms with Gasteiger partial charge in [0.1, 0.15) is 0 Å². The molecule has 2 aliphatic heterocycles. The van der Waals surface area contributed by atoms with Gasteiger partial charge < -0.3 is 20.8 Å². The molecule has 0 aliphatic carbocycles. The topological polar surface area (TPSA) is 98.7 Å². The number of anilines is 2. The Kier molecular flexibility index (Phi) is 3.62. The molecule has 4 rings (SSSR count). The highest BCUT2D eigenvalue weighted by atomic mass is 16.3. The average Bonchev–Trinajstić information content (AvgIpc) is 2.98. The van der Waals surface area contributed by atoms with Crippen LogP contribution in [-0.2, 0) is 9.59 Å². The van der Waals surface area contributed by atoms with Gasteiger partial charge in [0.2, 0.25) is 0 Å². The number of para-hydroxylation sites is 2. The first kappa shape index (κ1) is 14.2. The summed E-state index contributed by atoms with van der Waals surface area (Å²) in [4.78, 5) is 21.7. The van der Waals surface area contributed by atoms with Crippen LogP contribution in [0.3, 0.4) is 0 Å². The fraction of sp³-hybridized carbons (Fsp3) is 0.125. The van der Waals surface area contributed by atoms with Crippen LogP contribution in [0.15, 0.2) is 48.5 Å². The van der Waals surface area contributed by atoms with Crippen LogP contribution >= 0.6 is 0 Å². The number of hydrogen-bond donors (Lipinski definition) is 4. The number of carbonyl (C=O) groups is 2. The van der Waals surface area contributed by atoms with Gasteiger partial charge in [-0.05, 0) is 12.1 Å². The molecule has 2 aromatic rings. The average molecular weight is 298 g/mol. The van der Waals surface area contributed by atoms with Gasteiger partial charge in [-0.1, -0.05) is 36.4 Å². The van der Waals surface area contributed by atoms with Gasteiger partial charge in [-0.2, -0.15) is 0 Å². The fourth-order valence-electron chi connectivity index (χ4n) is 2.38. The Labute approximate surface area is 126 Å². The van der Waals surface area contributed by atoms with Crippen LogP contribution in [-0.4, -0.2) is 22.0 Å². The summed E-state index contributed by atoms with van der Waals surface area (Å²) in [6.07, 6.45) is -1.96. The largest absolute Gasteiger partial charge is 0.378 e. The molecule has 2 unspecified atom stereocenters. The first-order chi connectivity index (χ1) is 10.6. The summed E-state index contributed by atoms with van der Waals surface area (Å²) in [5.41, 5.74) is 2.75. The molecule has 2 amide bonds. The predicted octanol–water partition coefficient (Wildman–Crippen LogP) is 1.34. The van der Waals surface area contributed by atoms with E-state index in [1.54, 1.807) is 36.4 Å². The number of hydrogen-bond acceptors (Lipinski definition) is 4. The molecule has 0 spiro atoms. The normalized spacial score (nSPS) is 21.2. The zero-order valence-corrected chi connectivity index (χ0v) is 11.5. The van der Waals surface area contributed by atoms with Gasteiger partial charge in [0.25, 0.3) is 11.8 Å². The van der Waals surface area contributed by atoms with Crippen LogP contribution in [0.2, 0.25) is 0 Å². The highest BCUT2D eigenvalue weighted by Crippen LogP contribution is 2.30. The fourth-order valence-corrected chi connectivity index (χ4v) is 2.38. The second-order valence-corrected chi connectivity index (χ2v) is 4.96. The summed E-state index contributed by atoms with van der Waals surface area (Å²) in [7, 11) is 0. The Morgan fingerprint density at radius 1 is 0.682 bits per heavy atom. The predicted molar refractivity (Wildman–Crippen MR) is 80.1 cm³/mol. The third-order valence-electron chi connectivity index (χ3n) is 3.52. The maximum atomic E-state index is 10.9. The number of aliphatic hydroxyl groups excluding tert-OH is 2. The molecular weight excluding hydrogens is 284 g/mol. The molecule has 2 atom stereocenters. The van der Waals surface area contributed by atoms with E-state index in [0.29, 0.717) is 22.5 Å². The van der Waals surface area contributed by atoms with Crippen LogP contribution in [0.4, 0.5) is 11.4 Å². The Morgan fingerprint density at radius 2 is 1.05 bits per heavy atom. The summed E-state index contributed by atoms with van der Waals surface area (Å²) in [6, 6.07) is 14.2. The molecule has 2 heterocycles. The standard InChI is InChI=1S/2C8H7NO2/c2*10-7-5-3-1-2-4-6(5)9-8(7)11/h2*1-4,7,10H,(H,9,11). The van der Waals surface area contributed by atoms with Crippen molar-refractivity contribution in [2.24, 2.45) is 0 Å². The zero-order valence-electron chi connectivity index (χ0n) is 11.5. The van der Waals surface area contributed by atoms with Crippen LogP contribution in [0.25, 0.3) is 0 Å². The summed E-state index contributed by atoms with van der Waals surface area (Å²) in [5.74, 6) is -0.683. The van der Waals surface area contributed by atoms with E-state index in [4.69, 9.17) is 0 Å². The van der Waals surface area contributed by atoms with E-state index in [-0.39, 0.29) is 11.8 Å². The zero-order chi connectivity index (χ0) is 15.7. The van der Waals surface area contributed by atoms with Crippen molar-refractivity contribution in [2.75, 3.05) is 10.6 Å². The van der Waals surface area contributed by atoms with E-state index in [9.17, 15) is 19.8 Å². The number of aliphatic hydroxyl groups is 2. The first-order valence-corrected chi connectivity index (χ1v) is 6.73. The quantitative estimate of drug-likeness (QED) is 0.590. The van der Waals surface area contributed by atoms with Crippen molar-refractivity contribution in [3.05, 3.63) is 59.7 Å². The van der Waals surface area contributed by atoms with E-state index in [2.05, 4.69) is 10.6 Å². The molecule has 112 valence electrons. The van der Waals surface area contributed by atoms with Gasteiger partial charge in [0.05, 0.1) is 0 Å². The summed E-state index contributed by atoms with van der Waals surface area (Å²) < 4.78 is 0. The van der Waals surface area contributed by atoms with Crippen LogP contribution in [0.5, 0.6) is 0 Å². The summed E-state index contributed by atoms with van der Waals surface area (Å²) in [6.45, 7) is 0. The summed E-state index contributed by atoms with van der Waals surface area (Å²) >= 11 is 0. The highest BCUT2D eigenvalue weighted by Gasteiger charge is 2.28. The molecule has 0 fully saturated rings. The first-order valence-electron chi connectivity index (χ1n) is 6.73. The molecule has 0 bridgehead atoms. The highest BCUT2D eigenvalue weighted by molar-refractivity contribution is 6.02. The van der Waals surface area contributed by atoms with Gasteiger partial charge in [0, 0.05) is 22.5 Å². The third kappa shape index (κ3) is 2.45. The molecule has 2 aliphatic rings. The molecule has 4 N–H and O–H groups in total. The summed E-state index contributed by atoms with van der Waals surface area (Å²) in [5, 5.41) is 23.6. The lowest BCUT2D eigenvalue weighted by molar-refractivity contribution is -0.124. The number of benzene rings is 2. The minimum absolute atomic E-state index is 0.341. The van der Waals surface area contributed by atoms with Crippen LogP contribution < -0.4 is 10.6 Å². The van der Waals surface area contributed by atoms with Crippen molar-refractivity contribution >= 4 is 23.2 Å². The minimum Gasteiger partial charge on any atom is -0.378 e. The van der Waals surface area contributed by atoms with Crippen molar-refractivity contribution in [3.8, 4) is 0 Å². The molecule has 0 saturated heterocycles. The number of amides is 2. The van der Waals surface area contributed by atoms with Crippen LogP contribution in [0, 0.1) is 0 Å². The lowest BCUT2D eigenvalue weighted by Crippen LogP contribution is -2.10. The molecule has 0 aromatic heterocycles. The SMILES string of the molecule is O=C1Nc2ccccc2C1O.O=C1Nc2ccccc2C1O. The minimum atomic E-state index is -0.980. The van der Waals surface area contributed by atoms with Crippen LogP contribution in [0.1, 0.15) is 23.3 Å². The van der Waals surface area contributed by atoms with E-state index in [1.807, 2.05) is 12.1 Å². The number of carbonyl (C=O) groups excluding carboxylic acids is 2. The Balaban J connectivity index is 0.000000131. The van der Waals surface area contributed by atoms with Crippen molar-refractivity contribution in [1.29, 1.82) is 0 Å². The molecule has 6 nitrogen and oxygen atoms in total. The van der Waals surface area contributed by atoms with Crippen molar-refractivity contribution in [1.82, 2.24) is 0 Å². The van der Waals surface area contributed by atoms with Gasteiger partial charge >= 0.3 is 0 Å². The molecule has 0 saturated carbocycles. The molecule has 2 aromatic carbocycles. The molecular formula is C16H14N2O4. The third-order valence-corrected chi connectivity index (χ3v) is 3.52. The van der Waals surface area contributed by atoms with Gasteiger partial charge in [0.15, 0.2) is 12.2 Å². The van der Waals surface area contributed by atoms with Gasteiger partial charge in [-0.15, -0.1) is 0 Å². The Morgan fingerprint density at radius 3 is 1.41 bits per heavy atom. The van der Waals surface area contributed by atoms with Crippen molar-refractivity contribution < 1.29 is 19.8 Å². The van der Waals surface area contributed by atoms with E-state index < -0.39 is 12.2 Å². The smallest absolute Gasteiger partial charge is 0.257 e. The van der Waals surface area contributed by atoms with Crippen molar-refractivity contribution in [2.45, 2.75) is 12.2 Å². The number of rotatable bonds is 0. The molecule has 6 heteroatoms. The number of fused-ring (bicyclic) bond motifs is 2. The second kappa shape index (κ2) is 5.59. The van der Waals surface area contributed by atoms with Crippen molar-refractivity contribution in [3.63, 3.8) is 0 Å². The Bertz CT molecular complexity index is 681. The van der Waals surface area contributed by atoms with E-state index >= 15 is 0 Å². The van der Waals surface area contributed by atoms with E-state index in [0.717, 1.165) is 0 Å². The number of nitrogens with one attached hydrogen (secondary N) is 2.